The number of fused-ring (bicyclic) bond motifs is 4. The average molecular weight is 801 g/mol. The Morgan fingerprint density at radius 3 is 2.30 bits per heavy atom. The number of aliphatic hydroxyl groups excluding tert-OH is 1. The minimum absolute atomic E-state index is 0. The molecule has 0 saturated heterocycles. The Morgan fingerprint density at radius 1 is 0.913 bits per heavy atom. The summed E-state index contributed by atoms with van der Waals surface area (Å²) in [5.41, 5.74) is 1.69. The molecule has 6 rings (SSSR count). The SMILES string of the molecule is CCC(CC)C(=O)/C=C(\O)C(CC)CC.[2H]C([2H])([2H])c1nnc(-c2ccc3c(oc4c(-c5[c-]cc6ccccc6c5)nccc43)c2C([2H])([2H])[2H])o1.[Ir]. The van der Waals surface area contributed by atoms with Crippen LogP contribution < -0.4 is 0 Å². The van der Waals surface area contributed by atoms with Gasteiger partial charge in [0.05, 0.1) is 5.76 Å². The second-order valence-electron chi connectivity index (χ2n) is 10.9. The third-order valence-electron chi connectivity index (χ3n) is 8.23. The molecule has 0 aliphatic heterocycles. The van der Waals surface area contributed by atoms with E-state index in [1.54, 1.807) is 18.3 Å². The molecule has 0 amide bonds. The molecule has 6 aromatic rings. The van der Waals surface area contributed by atoms with Gasteiger partial charge in [-0.2, -0.15) is 0 Å². The Morgan fingerprint density at radius 2 is 1.63 bits per heavy atom. The fourth-order valence-electron chi connectivity index (χ4n) is 5.51. The van der Waals surface area contributed by atoms with Crippen LogP contribution in [0.2, 0.25) is 0 Å². The van der Waals surface area contributed by atoms with E-state index in [0.29, 0.717) is 27.6 Å². The number of ketones is 1. The quantitative estimate of drug-likeness (QED) is 0.0883. The van der Waals surface area contributed by atoms with E-state index in [9.17, 15) is 9.90 Å². The van der Waals surface area contributed by atoms with Crippen molar-refractivity contribution in [1.82, 2.24) is 15.2 Å². The second-order valence-corrected chi connectivity index (χ2v) is 10.9. The van der Waals surface area contributed by atoms with Crippen molar-refractivity contribution in [2.75, 3.05) is 0 Å². The maximum atomic E-state index is 11.7. The third kappa shape index (κ3) is 7.14. The van der Waals surface area contributed by atoms with Gasteiger partial charge >= 0.3 is 0 Å². The molecular weight excluding hydrogens is 755 g/mol. The summed E-state index contributed by atoms with van der Waals surface area (Å²) in [5, 5.41) is 20.4. The molecule has 0 unspecified atom stereocenters. The van der Waals surface area contributed by atoms with E-state index in [-0.39, 0.29) is 66.1 Å². The monoisotopic (exact) mass is 801 g/mol. The third-order valence-corrected chi connectivity index (χ3v) is 8.23. The summed E-state index contributed by atoms with van der Waals surface area (Å²) in [7, 11) is 0. The van der Waals surface area contributed by atoms with Crippen LogP contribution in [-0.2, 0) is 24.9 Å². The van der Waals surface area contributed by atoms with Gasteiger partial charge in [-0.1, -0.05) is 57.3 Å². The van der Waals surface area contributed by atoms with Crippen LogP contribution in [0.25, 0.3) is 55.4 Å². The smallest absolute Gasteiger partial charge is 0.248 e. The standard InChI is InChI=1S/C25H16N3O2.C13H24O2.Ir/c1-14-19(25-28-27-15(2)29-25)9-10-20-21-11-12-26-22(24(21)30-23(14)20)18-8-7-16-5-3-4-6-17(16)13-18;1-5-10(6-2)12(14)9-13(15)11(7-3)8-4;/h3-7,9-13H,1-2H3;9-11,14H,5-8H2,1-4H3;/q-1;;/b;12-9-;/i1D3,2D3;;. The number of nitrogens with zero attached hydrogens (tertiary/aromatic N) is 3. The van der Waals surface area contributed by atoms with Crippen molar-refractivity contribution in [2.24, 2.45) is 11.8 Å². The zero-order valence-corrected chi connectivity index (χ0v) is 28.6. The first kappa shape index (κ1) is 27.0. The number of aliphatic hydroxyl groups is 1. The number of rotatable bonds is 9. The zero-order valence-electron chi connectivity index (χ0n) is 32.2. The Bertz CT molecular complexity index is 2200. The first-order valence-electron chi connectivity index (χ1n) is 18.3. The van der Waals surface area contributed by atoms with Crippen molar-refractivity contribution in [3.05, 3.63) is 90.1 Å². The molecule has 7 nitrogen and oxygen atoms in total. The van der Waals surface area contributed by atoms with Gasteiger partial charge in [0.1, 0.15) is 11.2 Å². The van der Waals surface area contributed by atoms with Crippen molar-refractivity contribution in [1.29, 1.82) is 0 Å². The van der Waals surface area contributed by atoms with Gasteiger partial charge in [0.2, 0.25) is 11.8 Å². The normalized spacial score (nSPS) is 14.2. The van der Waals surface area contributed by atoms with E-state index in [0.717, 1.165) is 36.5 Å². The van der Waals surface area contributed by atoms with Crippen molar-refractivity contribution < 1.29 is 47.1 Å². The maximum Gasteiger partial charge on any atom is 0.248 e. The number of pyridine rings is 1. The van der Waals surface area contributed by atoms with Crippen LogP contribution in [0.15, 0.2) is 81.5 Å². The van der Waals surface area contributed by atoms with Gasteiger partial charge in [-0.3, -0.25) is 4.79 Å². The molecule has 46 heavy (non-hydrogen) atoms. The number of benzene rings is 3. The fourth-order valence-corrected chi connectivity index (χ4v) is 5.51. The first-order chi connectivity index (χ1) is 24.2. The van der Waals surface area contributed by atoms with Crippen LogP contribution in [-0.4, -0.2) is 26.1 Å². The summed E-state index contributed by atoms with van der Waals surface area (Å²) in [4.78, 5) is 16.2. The fraction of sp³-hybridized carbons (Fsp3) is 0.316. The van der Waals surface area contributed by atoms with Crippen LogP contribution in [0.1, 0.15) is 73.1 Å². The van der Waals surface area contributed by atoms with E-state index in [1.807, 2.05) is 64.1 Å². The number of carbonyl (C=O) groups is 1. The first-order valence-corrected chi connectivity index (χ1v) is 15.3. The predicted molar refractivity (Wildman–Crippen MR) is 180 cm³/mol. The predicted octanol–water partition coefficient (Wildman–Crippen LogP) is 10.1. The van der Waals surface area contributed by atoms with Gasteiger partial charge in [-0.05, 0) is 50.7 Å². The summed E-state index contributed by atoms with van der Waals surface area (Å²) in [6.45, 7) is 2.83. The summed E-state index contributed by atoms with van der Waals surface area (Å²) >= 11 is 0. The van der Waals surface area contributed by atoms with E-state index in [2.05, 4.69) is 21.2 Å². The summed E-state index contributed by atoms with van der Waals surface area (Å²) < 4.78 is 58.6. The van der Waals surface area contributed by atoms with Gasteiger partial charge in [0.15, 0.2) is 5.78 Å². The number of hydrogen-bond donors (Lipinski definition) is 1. The number of furan rings is 1. The van der Waals surface area contributed by atoms with E-state index < -0.39 is 19.6 Å². The Balaban J connectivity index is 0.000000323. The van der Waals surface area contributed by atoms with E-state index >= 15 is 0 Å². The summed E-state index contributed by atoms with van der Waals surface area (Å²) in [6, 6.07) is 19.9. The maximum absolute atomic E-state index is 11.7. The van der Waals surface area contributed by atoms with E-state index in [4.69, 9.17) is 17.1 Å². The van der Waals surface area contributed by atoms with Crippen LogP contribution in [0.5, 0.6) is 0 Å². The molecule has 0 bridgehead atoms. The van der Waals surface area contributed by atoms with E-state index in [1.165, 1.54) is 12.1 Å². The molecular formula is C38H40IrN3O4-. The molecule has 0 aliphatic rings. The number of aryl methyl sites for hydroxylation is 2. The molecule has 0 saturated carbocycles. The molecule has 0 aliphatic carbocycles. The van der Waals surface area contributed by atoms with Gasteiger partial charge < -0.3 is 18.9 Å². The minimum Gasteiger partial charge on any atom is -0.512 e. The molecule has 3 aromatic heterocycles. The Kier molecular flexibility index (Phi) is 9.07. The summed E-state index contributed by atoms with van der Waals surface area (Å²) in [6.07, 6.45) is 6.54. The molecule has 3 aromatic carbocycles. The van der Waals surface area contributed by atoms with Crippen LogP contribution in [0.3, 0.4) is 0 Å². The number of aromatic nitrogens is 3. The molecule has 1 radical (unpaired) electrons. The number of carbonyl (C=O) groups excluding carboxylic acids is 1. The topological polar surface area (TPSA) is 102 Å². The van der Waals surface area contributed by atoms with Gasteiger partial charge in [0.25, 0.3) is 0 Å². The molecule has 0 fully saturated rings. The van der Waals surface area contributed by atoms with Crippen molar-refractivity contribution >= 4 is 38.5 Å². The average Bonchev–Trinajstić information content (AvgIpc) is 3.74. The van der Waals surface area contributed by atoms with Gasteiger partial charge in [-0.15, -0.1) is 39.3 Å². The Hall–Kier alpha value is -4.13. The largest absolute Gasteiger partial charge is 0.512 e. The number of allylic oxidation sites excluding steroid dienone is 2. The second kappa shape index (κ2) is 15.4. The molecule has 241 valence electrons. The van der Waals surface area contributed by atoms with Crippen molar-refractivity contribution in [2.45, 2.75) is 67.1 Å². The van der Waals surface area contributed by atoms with Gasteiger partial charge in [-0.25, -0.2) is 0 Å². The molecule has 3 heterocycles. The molecule has 0 atom stereocenters. The van der Waals surface area contributed by atoms with Gasteiger partial charge in [0, 0.05) is 86.9 Å². The van der Waals surface area contributed by atoms with Crippen molar-refractivity contribution in [3.8, 4) is 22.7 Å². The van der Waals surface area contributed by atoms with Crippen molar-refractivity contribution in [3.63, 3.8) is 0 Å². The minimum atomic E-state index is -2.62. The molecule has 0 spiro atoms. The zero-order chi connectivity index (χ0) is 37.1. The summed E-state index contributed by atoms with van der Waals surface area (Å²) in [5.74, 6) is -0.237. The van der Waals surface area contributed by atoms with Crippen LogP contribution in [0.4, 0.5) is 0 Å². The van der Waals surface area contributed by atoms with Crippen LogP contribution in [0, 0.1) is 31.6 Å². The number of hydrogen-bond acceptors (Lipinski definition) is 7. The Labute approximate surface area is 291 Å². The molecule has 1 N–H and O–H groups in total. The molecule has 8 heteroatoms. The van der Waals surface area contributed by atoms with Crippen LogP contribution >= 0.6 is 0 Å².